The van der Waals surface area contributed by atoms with E-state index in [9.17, 15) is 39.9 Å². The van der Waals surface area contributed by atoms with Gasteiger partial charge in [-0.2, -0.15) is 0 Å². The second-order valence-corrected chi connectivity index (χ2v) is 14.3. The van der Waals surface area contributed by atoms with Gasteiger partial charge in [-0.15, -0.1) is 6.58 Å². The first-order valence-electron chi connectivity index (χ1n) is 12.0. The van der Waals surface area contributed by atoms with Crippen LogP contribution in [0.2, 0.25) is 5.02 Å². The summed E-state index contributed by atoms with van der Waals surface area (Å²) in [5.41, 5.74) is -1.96. The molecule has 39 heavy (non-hydrogen) atoms. The Hall–Kier alpha value is -2.45. The van der Waals surface area contributed by atoms with Gasteiger partial charge in [0.25, 0.3) is 5.91 Å². The molecule has 0 saturated heterocycles. The molecule has 3 N–H and O–H groups in total. The Morgan fingerprint density at radius 2 is 1.67 bits per heavy atom. The molecule has 2 aliphatic carbocycles. The minimum Gasteiger partial charge on any atom is -0.388 e. The number of benzene rings is 2. The van der Waals surface area contributed by atoms with E-state index < -0.39 is 65.9 Å². The van der Waals surface area contributed by atoms with Crippen LogP contribution in [0.3, 0.4) is 0 Å². The molecule has 0 radical (unpaired) electrons. The molecule has 1 amide bonds. The molecular formula is C25H26ClF3N2O6S2. The number of aliphatic hydroxyl groups is 1. The molecular weight excluding hydrogens is 581 g/mol. The zero-order valence-corrected chi connectivity index (χ0v) is 22.9. The normalized spacial score (nSPS) is 24.9. The number of halogens is 4. The summed E-state index contributed by atoms with van der Waals surface area (Å²) in [5.74, 6) is -6.92. The van der Waals surface area contributed by atoms with Crippen molar-refractivity contribution in [2.45, 2.75) is 41.4 Å². The van der Waals surface area contributed by atoms with Crippen molar-refractivity contribution < 1.29 is 39.9 Å². The Balaban J connectivity index is 1.54. The molecule has 2 saturated carbocycles. The Kier molecular flexibility index (Phi) is 8.21. The summed E-state index contributed by atoms with van der Waals surface area (Å²) in [7, 11) is -7.80. The maximum atomic E-state index is 13.6. The summed E-state index contributed by atoms with van der Waals surface area (Å²) in [6.45, 7) is 3.15. The van der Waals surface area contributed by atoms with Gasteiger partial charge in [0.05, 0.1) is 26.5 Å². The SMILES string of the molecule is C=CCS(=O)(=O)NC[C@@]1(O)C2CC[C@H]1C[C@H](S(=O)(=O)c1cc(C(=O)Nc3cc(F)c(F)c(F)c3)ccc1Cl)C2. The highest BCUT2D eigenvalue weighted by molar-refractivity contribution is 7.92. The van der Waals surface area contributed by atoms with Gasteiger partial charge >= 0.3 is 0 Å². The fourth-order valence-corrected chi connectivity index (χ4v) is 8.75. The van der Waals surface area contributed by atoms with Crippen LogP contribution in [0.4, 0.5) is 18.9 Å². The molecule has 4 rings (SSSR count). The molecule has 0 aromatic heterocycles. The second kappa shape index (κ2) is 10.8. The number of hydrogen-bond acceptors (Lipinski definition) is 6. The third-order valence-electron chi connectivity index (χ3n) is 7.47. The van der Waals surface area contributed by atoms with Crippen LogP contribution in [-0.4, -0.2) is 51.0 Å². The van der Waals surface area contributed by atoms with Gasteiger partial charge in [0.15, 0.2) is 27.3 Å². The van der Waals surface area contributed by atoms with Crippen LogP contribution < -0.4 is 10.0 Å². The van der Waals surface area contributed by atoms with Gasteiger partial charge in [0.1, 0.15) is 0 Å². The number of carbonyl (C=O) groups excluding carboxylic acids is 1. The minimum absolute atomic E-state index is 0.0550. The van der Waals surface area contributed by atoms with E-state index in [1.54, 1.807) is 0 Å². The third-order valence-corrected chi connectivity index (χ3v) is 11.4. The number of amides is 1. The van der Waals surface area contributed by atoms with Crippen molar-refractivity contribution >= 4 is 43.1 Å². The quantitative estimate of drug-likeness (QED) is 0.294. The van der Waals surface area contributed by atoms with E-state index in [2.05, 4.69) is 16.6 Å². The Morgan fingerprint density at radius 1 is 1.08 bits per heavy atom. The third kappa shape index (κ3) is 5.87. The predicted molar refractivity (Wildman–Crippen MR) is 139 cm³/mol. The van der Waals surface area contributed by atoms with Crippen LogP contribution in [0.15, 0.2) is 47.9 Å². The number of sulfonamides is 1. The van der Waals surface area contributed by atoms with Gasteiger partial charge in [-0.25, -0.2) is 34.7 Å². The van der Waals surface area contributed by atoms with E-state index in [4.69, 9.17) is 11.6 Å². The Labute approximate surface area is 229 Å². The lowest BCUT2D eigenvalue weighted by Gasteiger charge is -2.42. The van der Waals surface area contributed by atoms with E-state index in [0.29, 0.717) is 25.0 Å². The number of anilines is 1. The first-order chi connectivity index (χ1) is 18.2. The largest absolute Gasteiger partial charge is 0.388 e. The van der Waals surface area contributed by atoms with E-state index in [-0.39, 0.29) is 46.3 Å². The zero-order valence-electron chi connectivity index (χ0n) is 20.5. The maximum Gasteiger partial charge on any atom is 0.255 e. The fraction of sp³-hybridized carbons (Fsp3) is 0.400. The second-order valence-electron chi connectivity index (χ2n) is 9.85. The van der Waals surface area contributed by atoms with Gasteiger partial charge in [0, 0.05) is 29.9 Å². The average molecular weight is 607 g/mol. The summed E-state index contributed by atoms with van der Waals surface area (Å²) >= 11 is 6.21. The molecule has 2 fully saturated rings. The Morgan fingerprint density at radius 3 is 2.23 bits per heavy atom. The van der Waals surface area contributed by atoms with Gasteiger partial charge in [-0.05, 0) is 55.7 Å². The van der Waals surface area contributed by atoms with Crippen LogP contribution in [0.5, 0.6) is 0 Å². The van der Waals surface area contributed by atoms with Crippen molar-refractivity contribution in [2.75, 3.05) is 17.6 Å². The summed E-state index contributed by atoms with van der Waals surface area (Å²) in [6.07, 6.45) is 2.35. The molecule has 8 nitrogen and oxygen atoms in total. The number of hydrogen-bond donors (Lipinski definition) is 3. The van der Waals surface area contributed by atoms with Gasteiger partial charge in [-0.1, -0.05) is 17.7 Å². The number of fused-ring (bicyclic) bond motifs is 2. The highest BCUT2D eigenvalue weighted by atomic mass is 35.5. The van der Waals surface area contributed by atoms with E-state index >= 15 is 0 Å². The van der Waals surface area contributed by atoms with Crippen molar-refractivity contribution in [3.8, 4) is 0 Å². The highest BCUT2D eigenvalue weighted by Gasteiger charge is 2.55. The van der Waals surface area contributed by atoms with Gasteiger partial charge < -0.3 is 10.4 Å². The lowest BCUT2D eigenvalue weighted by atomic mass is 9.74. The summed E-state index contributed by atoms with van der Waals surface area (Å²) in [4.78, 5) is 12.4. The molecule has 4 atom stereocenters. The molecule has 0 aliphatic heterocycles. The smallest absolute Gasteiger partial charge is 0.255 e. The van der Waals surface area contributed by atoms with Crippen molar-refractivity contribution in [3.05, 3.63) is 71.0 Å². The van der Waals surface area contributed by atoms with Crippen molar-refractivity contribution in [1.29, 1.82) is 0 Å². The van der Waals surface area contributed by atoms with Crippen molar-refractivity contribution in [3.63, 3.8) is 0 Å². The Bertz CT molecular complexity index is 1500. The van der Waals surface area contributed by atoms with E-state index in [1.165, 1.54) is 18.2 Å². The van der Waals surface area contributed by atoms with E-state index in [1.807, 2.05) is 0 Å². The standard InChI is InChI=1S/C25H26ClF3N2O6S2/c1-2-7-38(34,35)30-13-25(33)15-4-5-16(25)10-18(9-15)39(36,37)22-8-14(3-6-19(22)26)24(32)31-17-11-20(27)23(29)21(28)12-17/h2-3,6,8,11-12,15-16,18,30,33H,1,4-5,7,9-10,13H2,(H,31,32)/t15-,16?,18-,25-/m0/s1. The lowest BCUT2D eigenvalue weighted by molar-refractivity contribution is -0.0525. The van der Waals surface area contributed by atoms with Crippen molar-refractivity contribution in [2.24, 2.45) is 11.8 Å². The summed E-state index contributed by atoms with van der Waals surface area (Å²) < 4.78 is 94.0. The van der Waals surface area contributed by atoms with Crippen LogP contribution >= 0.6 is 11.6 Å². The van der Waals surface area contributed by atoms with Crippen LogP contribution in [0.25, 0.3) is 0 Å². The van der Waals surface area contributed by atoms with Gasteiger partial charge in [0.2, 0.25) is 10.0 Å². The number of rotatable bonds is 9. The monoisotopic (exact) mass is 606 g/mol. The number of nitrogens with one attached hydrogen (secondary N) is 2. The topological polar surface area (TPSA) is 130 Å². The first kappa shape index (κ1) is 29.5. The molecule has 0 heterocycles. The summed E-state index contributed by atoms with van der Waals surface area (Å²) in [5, 5.41) is 12.4. The van der Waals surface area contributed by atoms with E-state index in [0.717, 1.165) is 6.07 Å². The maximum absolute atomic E-state index is 13.6. The number of sulfone groups is 1. The molecule has 2 aromatic rings. The average Bonchev–Trinajstić information content (AvgIpc) is 3.02. The number of carbonyl (C=O) groups is 1. The first-order valence-corrected chi connectivity index (χ1v) is 15.6. The van der Waals surface area contributed by atoms with Crippen LogP contribution in [0.1, 0.15) is 36.0 Å². The molecule has 2 bridgehead atoms. The molecule has 212 valence electrons. The molecule has 2 aromatic carbocycles. The van der Waals surface area contributed by atoms with Crippen molar-refractivity contribution in [1.82, 2.24) is 4.72 Å². The molecule has 1 unspecified atom stereocenters. The molecule has 14 heteroatoms. The lowest BCUT2D eigenvalue weighted by Crippen LogP contribution is -2.54. The highest BCUT2D eigenvalue weighted by Crippen LogP contribution is 2.52. The van der Waals surface area contributed by atoms with Crippen LogP contribution in [-0.2, 0) is 19.9 Å². The zero-order chi connectivity index (χ0) is 28.8. The molecule has 2 aliphatic rings. The minimum atomic E-state index is -4.11. The summed E-state index contributed by atoms with van der Waals surface area (Å²) in [6, 6.07) is 4.65. The molecule has 0 spiro atoms. The van der Waals surface area contributed by atoms with Gasteiger partial charge in [-0.3, -0.25) is 4.79 Å². The fourth-order valence-electron chi connectivity index (χ4n) is 5.47. The van der Waals surface area contributed by atoms with Crippen LogP contribution in [0, 0.1) is 29.3 Å². The predicted octanol–water partition coefficient (Wildman–Crippen LogP) is 3.81.